The second-order valence-electron chi connectivity index (χ2n) is 4.65. The van der Waals surface area contributed by atoms with Crippen LogP contribution in [0.2, 0.25) is 0 Å². The Hall–Kier alpha value is -2.32. The van der Waals surface area contributed by atoms with Crippen LogP contribution in [0.15, 0.2) is 42.7 Å². The predicted molar refractivity (Wildman–Crippen MR) is 73.4 cm³/mol. The molecule has 2 rings (SSSR count). The molecule has 0 radical (unpaired) electrons. The van der Waals surface area contributed by atoms with Crippen molar-refractivity contribution in [3.8, 4) is 6.07 Å². The molecule has 0 amide bonds. The molecule has 21 heavy (non-hydrogen) atoms. The Morgan fingerprint density at radius 3 is 2.43 bits per heavy atom. The van der Waals surface area contributed by atoms with E-state index in [2.05, 4.69) is 11.1 Å². The lowest BCUT2D eigenvalue weighted by Gasteiger charge is -2.22. The molecule has 5 heteroatoms. The molecular formula is C16H14F2N2O. The standard InChI is InChI=1S/C16H14F2N2O/c17-14-4-1-5-15(18)16(14)12(6-8-21)13(9-19)11-3-2-7-20-10-11/h1-5,7,10,12-13,21H,6,8H2/t12-,13+/m1/s1. The molecule has 0 aliphatic rings. The summed E-state index contributed by atoms with van der Waals surface area (Å²) in [6.45, 7) is -0.267. The summed E-state index contributed by atoms with van der Waals surface area (Å²) in [5, 5.41) is 18.6. The van der Waals surface area contributed by atoms with E-state index in [1.807, 2.05) is 0 Å². The normalized spacial score (nSPS) is 13.4. The highest BCUT2D eigenvalue weighted by Gasteiger charge is 2.29. The highest BCUT2D eigenvalue weighted by atomic mass is 19.1. The third kappa shape index (κ3) is 3.23. The van der Waals surface area contributed by atoms with Crippen molar-refractivity contribution in [2.24, 2.45) is 0 Å². The second-order valence-corrected chi connectivity index (χ2v) is 4.65. The van der Waals surface area contributed by atoms with Gasteiger partial charge >= 0.3 is 0 Å². The molecule has 108 valence electrons. The van der Waals surface area contributed by atoms with E-state index in [1.165, 1.54) is 12.3 Å². The van der Waals surface area contributed by atoms with E-state index in [9.17, 15) is 19.1 Å². The zero-order chi connectivity index (χ0) is 15.2. The van der Waals surface area contributed by atoms with E-state index in [0.29, 0.717) is 5.56 Å². The fraction of sp³-hybridized carbons (Fsp3) is 0.250. The van der Waals surface area contributed by atoms with Crippen LogP contribution in [0.3, 0.4) is 0 Å². The van der Waals surface area contributed by atoms with Gasteiger partial charge in [-0.2, -0.15) is 5.26 Å². The molecule has 1 aromatic heterocycles. The SMILES string of the molecule is N#C[C@@H](c1cccnc1)[C@@H](CCO)c1c(F)cccc1F. The van der Waals surface area contributed by atoms with E-state index in [-0.39, 0.29) is 18.6 Å². The monoisotopic (exact) mass is 288 g/mol. The topological polar surface area (TPSA) is 56.9 Å². The zero-order valence-electron chi connectivity index (χ0n) is 11.2. The number of aliphatic hydroxyl groups excluding tert-OH is 1. The molecule has 3 nitrogen and oxygen atoms in total. The van der Waals surface area contributed by atoms with E-state index < -0.39 is 23.5 Å². The van der Waals surface area contributed by atoms with E-state index in [0.717, 1.165) is 12.1 Å². The summed E-state index contributed by atoms with van der Waals surface area (Å²) in [4.78, 5) is 3.93. The van der Waals surface area contributed by atoms with Gasteiger partial charge in [0, 0.05) is 30.5 Å². The van der Waals surface area contributed by atoms with Crippen LogP contribution >= 0.6 is 0 Å². The van der Waals surface area contributed by atoms with Gasteiger partial charge < -0.3 is 5.11 Å². The molecule has 2 aromatic rings. The van der Waals surface area contributed by atoms with Gasteiger partial charge in [-0.05, 0) is 30.2 Å². The van der Waals surface area contributed by atoms with Crippen molar-refractivity contribution in [3.63, 3.8) is 0 Å². The summed E-state index contributed by atoms with van der Waals surface area (Å²) in [7, 11) is 0. The van der Waals surface area contributed by atoms with Crippen molar-refractivity contribution in [1.82, 2.24) is 4.98 Å². The number of halogens is 2. The molecule has 1 aromatic carbocycles. The minimum atomic E-state index is -0.780. The van der Waals surface area contributed by atoms with Gasteiger partial charge in [-0.1, -0.05) is 12.1 Å². The van der Waals surface area contributed by atoms with Gasteiger partial charge in [0.2, 0.25) is 0 Å². The number of aliphatic hydroxyl groups is 1. The Labute approximate surface area is 121 Å². The van der Waals surface area contributed by atoms with Gasteiger partial charge in [-0.3, -0.25) is 4.98 Å². The molecule has 2 atom stereocenters. The molecule has 0 spiro atoms. The second kappa shape index (κ2) is 6.91. The van der Waals surface area contributed by atoms with Gasteiger partial charge in [0.25, 0.3) is 0 Å². The molecule has 0 unspecified atom stereocenters. The first-order valence-corrected chi connectivity index (χ1v) is 6.53. The van der Waals surface area contributed by atoms with Gasteiger partial charge in [0.05, 0.1) is 12.0 Å². The molecular weight excluding hydrogens is 274 g/mol. The lowest BCUT2D eigenvalue weighted by molar-refractivity contribution is 0.269. The number of nitrogens with zero attached hydrogens (tertiary/aromatic N) is 2. The Kier molecular flexibility index (Phi) is 4.96. The molecule has 0 aliphatic carbocycles. The number of rotatable bonds is 5. The van der Waals surface area contributed by atoms with Crippen molar-refractivity contribution in [2.45, 2.75) is 18.3 Å². The van der Waals surface area contributed by atoms with Crippen LogP contribution in [0.25, 0.3) is 0 Å². The van der Waals surface area contributed by atoms with Gasteiger partial charge in [0.15, 0.2) is 0 Å². The van der Waals surface area contributed by atoms with Crippen molar-refractivity contribution in [1.29, 1.82) is 5.26 Å². The Bertz CT molecular complexity index is 620. The average Bonchev–Trinajstić information content (AvgIpc) is 2.49. The van der Waals surface area contributed by atoms with E-state index >= 15 is 0 Å². The van der Waals surface area contributed by atoms with Gasteiger partial charge in [0.1, 0.15) is 11.6 Å². The first-order chi connectivity index (χ1) is 10.2. The zero-order valence-corrected chi connectivity index (χ0v) is 11.2. The fourth-order valence-corrected chi connectivity index (χ4v) is 2.44. The first kappa shape index (κ1) is 15.1. The number of benzene rings is 1. The molecule has 0 fully saturated rings. The quantitative estimate of drug-likeness (QED) is 0.919. The number of aromatic nitrogens is 1. The predicted octanol–water partition coefficient (Wildman–Crippen LogP) is 3.13. The number of nitriles is 1. The van der Waals surface area contributed by atoms with Crippen LogP contribution in [-0.2, 0) is 0 Å². The summed E-state index contributed by atoms with van der Waals surface area (Å²) >= 11 is 0. The van der Waals surface area contributed by atoms with Crippen LogP contribution in [0, 0.1) is 23.0 Å². The summed E-state index contributed by atoms with van der Waals surface area (Å²) in [5.41, 5.74) is 0.406. The maximum atomic E-state index is 14.0. The van der Waals surface area contributed by atoms with Crippen LogP contribution < -0.4 is 0 Å². The molecule has 0 saturated heterocycles. The minimum absolute atomic E-state index is 0.0883. The summed E-state index contributed by atoms with van der Waals surface area (Å²) in [6, 6.07) is 9.00. The van der Waals surface area contributed by atoms with E-state index in [4.69, 9.17) is 0 Å². The fourth-order valence-electron chi connectivity index (χ4n) is 2.44. The van der Waals surface area contributed by atoms with Crippen molar-refractivity contribution < 1.29 is 13.9 Å². The molecule has 0 aliphatic heterocycles. The third-order valence-electron chi connectivity index (χ3n) is 3.40. The van der Waals surface area contributed by atoms with Gasteiger partial charge in [-0.15, -0.1) is 0 Å². The minimum Gasteiger partial charge on any atom is -0.396 e. The average molecular weight is 288 g/mol. The van der Waals surface area contributed by atoms with E-state index in [1.54, 1.807) is 18.3 Å². The van der Waals surface area contributed by atoms with Crippen LogP contribution in [0.1, 0.15) is 29.4 Å². The maximum Gasteiger partial charge on any atom is 0.129 e. The van der Waals surface area contributed by atoms with Crippen molar-refractivity contribution >= 4 is 0 Å². The first-order valence-electron chi connectivity index (χ1n) is 6.53. The smallest absolute Gasteiger partial charge is 0.129 e. The highest BCUT2D eigenvalue weighted by molar-refractivity contribution is 5.33. The maximum absolute atomic E-state index is 14.0. The lowest BCUT2D eigenvalue weighted by atomic mass is 9.80. The summed E-state index contributed by atoms with van der Waals surface area (Å²) in [6.07, 6.45) is 3.14. The molecule has 0 bridgehead atoms. The molecule has 1 heterocycles. The van der Waals surface area contributed by atoms with Crippen LogP contribution in [0.5, 0.6) is 0 Å². The van der Waals surface area contributed by atoms with Crippen LogP contribution in [-0.4, -0.2) is 16.7 Å². The third-order valence-corrected chi connectivity index (χ3v) is 3.40. The summed E-state index contributed by atoms with van der Waals surface area (Å²) < 4.78 is 28.0. The summed E-state index contributed by atoms with van der Waals surface area (Å²) in [5.74, 6) is -2.97. The Morgan fingerprint density at radius 2 is 1.90 bits per heavy atom. The van der Waals surface area contributed by atoms with Crippen molar-refractivity contribution in [2.75, 3.05) is 6.61 Å². The highest BCUT2D eigenvalue weighted by Crippen LogP contribution is 2.37. The van der Waals surface area contributed by atoms with Crippen molar-refractivity contribution in [3.05, 3.63) is 65.5 Å². The lowest BCUT2D eigenvalue weighted by Crippen LogP contribution is -2.15. The molecule has 0 saturated carbocycles. The Morgan fingerprint density at radius 1 is 1.19 bits per heavy atom. The number of pyridine rings is 1. The van der Waals surface area contributed by atoms with Crippen LogP contribution in [0.4, 0.5) is 8.78 Å². The number of hydrogen-bond donors (Lipinski definition) is 1. The number of hydrogen-bond acceptors (Lipinski definition) is 3. The molecule has 1 N–H and O–H groups in total. The Balaban J connectivity index is 2.50. The van der Waals surface area contributed by atoms with Gasteiger partial charge in [-0.25, -0.2) is 8.78 Å². The largest absolute Gasteiger partial charge is 0.396 e.